The number of aromatic nitrogens is 1. The first-order chi connectivity index (χ1) is 9.47. The minimum Gasteiger partial charge on any atom is -0.315 e. The molecule has 0 bridgehead atoms. The van der Waals surface area contributed by atoms with Crippen LogP contribution in [0.25, 0.3) is 16.6 Å². The highest BCUT2D eigenvalue weighted by Gasteiger charge is 2.16. The molecule has 0 unspecified atom stereocenters. The predicted octanol–water partition coefficient (Wildman–Crippen LogP) is 5.69. The molecule has 0 N–H and O–H groups in total. The number of rotatable bonds is 1. The van der Waals surface area contributed by atoms with Crippen LogP contribution in [0, 0.1) is 0 Å². The van der Waals surface area contributed by atoms with Crippen molar-refractivity contribution < 1.29 is 0 Å². The molecular formula is C18H18BrN. The molecule has 1 nitrogen and oxygen atoms in total. The smallest absolute Gasteiger partial charge is 0.0540 e. The van der Waals surface area contributed by atoms with Crippen LogP contribution in [-0.4, -0.2) is 4.57 Å². The zero-order valence-electron chi connectivity index (χ0n) is 12.0. The maximum absolute atomic E-state index is 3.70. The summed E-state index contributed by atoms with van der Waals surface area (Å²) in [6.07, 6.45) is 2.15. The summed E-state index contributed by atoms with van der Waals surface area (Å²) in [5.74, 6) is 0. The van der Waals surface area contributed by atoms with Gasteiger partial charge in [-0.25, -0.2) is 0 Å². The third-order valence-corrected chi connectivity index (χ3v) is 4.29. The Hall–Kier alpha value is -1.54. The standard InChI is InChI=1S/C18H18BrN/c1-18(2,3)13-9-10-17-15(11-13)16(19)12-20(17)14-7-5-4-6-8-14/h4-12H,1-3H3. The fraction of sp³-hybridized carbons (Fsp3) is 0.222. The van der Waals surface area contributed by atoms with E-state index >= 15 is 0 Å². The van der Waals surface area contributed by atoms with Crippen molar-refractivity contribution in [2.75, 3.05) is 0 Å². The molecule has 0 aliphatic carbocycles. The Morgan fingerprint density at radius 1 is 0.950 bits per heavy atom. The Morgan fingerprint density at radius 3 is 2.30 bits per heavy atom. The van der Waals surface area contributed by atoms with Gasteiger partial charge in [-0.15, -0.1) is 0 Å². The second-order valence-corrected chi connectivity index (χ2v) is 7.02. The van der Waals surface area contributed by atoms with E-state index in [1.165, 1.54) is 22.2 Å². The van der Waals surface area contributed by atoms with E-state index in [-0.39, 0.29) is 5.41 Å². The Balaban J connectivity index is 2.23. The van der Waals surface area contributed by atoms with Gasteiger partial charge in [0.1, 0.15) is 0 Å². The molecule has 102 valence electrons. The Bertz CT molecular complexity index is 748. The molecule has 0 saturated carbocycles. The van der Waals surface area contributed by atoms with Crippen LogP contribution in [0.2, 0.25) is 0 Å². The van der Waals surface area contributed by atoms with Crippen LogP contribution in [0.5, 0.6) is 0 Å². The fourth-order valence-corrected chi connectivity index (χ4v) is 2.98. The average Bonchev–Trinajstić information content (AvgIpc) is 2.76. The van der Waals surface area contributed by atoms with E-state index in [1.807, 2.05) is 6.07 Å². The first-order valence-electron chi connectivity index (χ1n) is 6.83. The molecule has 3 rings (SSSR count). The molecule has 0 radical (unpaired) electrons. The number of para-hydroxylation sites is 1. The van der Waals surface area contributed by atoms with Crippen LogP contribution < -0.4 is 0 Å². The Kier molecular flexibility index (Phi) is 3.21. The SMILES string of the molecule is CC(C)(C)c1ccc2c(c1)c(Br)cn2-c1ccccc1. The van der Waals surface area contributed by atoms with Gasteiger partial charge in [0.15, 0.2) is 0 Å². The van der Waals surface area contributed by atoms with Crippen LogP contribution in [0.4, 0.5) is 0 Å². The lowest BCUT2D eigenvalue weighted by atomic mass is 9.86. The lowest BCUT2D eigenvalue weighted by Gasteiger charge is -2.19. The molecule has 0 aliphatic rings. The molecular weight excluding hydrogens is 310 g/mol. The Morgan fingerprint density at radius 2 is 1.65 bits per heavy atom. The first-order valence-corrected chi connectivity index (χ1v) is 7.62. The highest BCUT2D eigenvalue weighted by Crippen LogP contribution is 2.33. The molecule has 20 heavy (non-hydrogen) atoms. The second-order valence-electron chi connectivity index (χ2n) is 6.16. The normalized spacial score (nSPS) is 12.0. The van der Waals surface area contributed by atoms with E-state index in [9.17, 15) is 0 Å². The van der Waals surface area contributed by atoms with Gasteiger partial charge in [-0.1, -0.05) is 45.0 Å². The lowest BCUT2D eigenvalue weighted by molar-refractivity contribution is 0.591. The monoisotopic (exact) mass is 327 g/mol. The van der Waals surface area contributed by atoms with E-state index in [0.29, 0.717) is 0 Å². The molecule has 0 atom stereocenters. The molecule has 0 spiro atoms. The lowest BCUT2D eigenvalue weighted by Crippen LogP contribution is -2.10. The van der Waals surface area contributed by atoms with Gasteiger partial charge in [0.25, 0.3) is 0 Å². The summed E-state index contributed by atoms with van der Waals surface area (Å²) in [5.41, 5.74) is 3.95. The van der Waals surface area contributed by atoms with Gasteiger partial charge in [0.2, 0.25) is 0 Å². The van der Waals surface area contributed by atoms with E-state index in [0.717, 1.165) is 4.47 Å². The molecule has 1 heterocycles. The molecule has 2 heteroatoms. The highest BCUT2D eigenvalue weighted by molar-refractivity contribution is 9.10. The van der Waals surface area contributed by atoms with E-state index in [4.69, 9.17) is 0 Å². The average molecular weight is 328 g/mol. The summed E-state index contributed by atoms with van der Waals surface area (Å²) in [5, 5.41) is 1.27. The molecule has 0 aliphatic heterocycles. The summed E-state index contributed by atoms with van der Waals surface area (Å²) in [6, 6.07) is 17.2. The molecule has 0 amide bonds. The number of benzene rings is 2. The topological polar surface area (TPSA) is 4.93 Å². The van der Waals surface area contributed by atoms with E-state index in [1.54, 1.807) is 0 Å². The van der Waals surface area contributed by atoms with Gasteiger partial charge in [0.05, 0.1) is 5.52 Å². The van der Waals surface area contributed by atoms with Crippen LogP contribution >= 0.6 is 15.9 Å². The third-order valence-electron chi connectivity index (χ3n) is 3.66. The van der Waals surface area contributed by atoms with Crippen molar-refractivity contribution in [3.05, 3.63) is 64.8 Å². The fourth-order valence-electron chi connectivity index (χ4n) is 2.46. The third kappa shape index (κ3) is 2.29. The van der Waals surface area contributed by atoms with E-state index < -0.39 is 0 Å². The van der Waals surface area contributed by atoms with Gasteiger partial charge in [-0.2, -0.15) is 0 Å². The molecule has 0 saturated heterocycles. The van der Waals surface area contributed by atoms with Crippen molar-refractivity contribution in [2.45, 2.75) is 26.2 Å². The number of halogens is 1. The number of fused-ring (bicyclic) bond motifs is 1. The summed E-state index contributed by atoms with van der Waals surface area (Å²) in [4.78, 5) is 0. The minimum absolute atomic E-state index is 0.169. The zero-order valence-corrected chi connectivity index (χ0v) is 13.6. The van der Waals surface area contributed by atoms with Crippen molar-refractivity contribution >= 4 is 26.8 Å². The summed E-state index contributed by atoms with van der Waals surface area (Å²) >= 11 is 3.70. The van der Waals surface area contributed by atoms with Crippen LogP contribution in [0.3, 0.4) is 0 Å². The van der Waals surface area contributed by atoms with Gasteiger partial charge in [-0.3, -0.25) is 0 Å². The summed E-state index contributed by atoms with van der Waals surface area (Å²) in [6.45, 7) is 6.74. The maximum Gasteiger partial charge on any atom is 0.0540 e. The van der Waals surface area contributed by atoms with Crippen molar-refractivity contribution in [1.29, 1.82) is 0 Å². The first kappa shape index (κ1) is 13.4. The predicted molar refractivity (Wildman–Crippen MR) is 89.7 cm³/mol. The zero-order chi connectivity index (χ0) is 14.3. The molecule has 2 aromatic carbocycles. The quantitative estimate of drug-likeness (QED) is 0.541. The number of hydrogen-bond acceptors (Lipinski definition) is 0. The van der Waals surface area contributed by atoms with Crippen molar-refractivity contribution in [3.63, 3.8) is 0 Å². The van der Waals surface area contributed by atoms with Crippen molar-refractivity contribution in [1.82, 2.24) is 4.57 Å². The number of hydrogen-bond donors (Lipinski definition) is 0. The van der Waals surface area contributed by atoms with Crippen molar-refractivity contribution in [2.24, 2.45) is 0 Å². The van der Waals surface area contributed by atoms with Gasteiger partial charge in [0, 0.05) is 21.7 Å². The summed E-state index contributed by atoms with van der Waals surface area (Å²) < 4.78 is 3.37. The maximum atomic E-state index is 3.70. The number of nitrogens with zero attached hydrogens (tertiary/aromatic N) is 1. The second kappa shape index (κ2) is 4.78. The molecule has 3 aromatic rings. The van der Waals surface area contributed by atoms with Crippen LogP contribution in [-0.2, 0) is 5.41 Å². The highest BCUT2D eigenvalue weighted by atomic mass is 79.9. The Labute approximate surface area is 128 Å². The van der Waals surface area contributed by atoms with Gasteiger partial charge in [-0.05, 0) is 51.2 Å². The summed E-state index contributed by atoms with van der Waals surface area (Å²) in [7, 11) is 0. The van der Waals surface area contributed by atoms with Gasteiger partial charge < -0.3 is 4.57 Å². The molecule has 1 aromatic heterocycles. The van der Waals surface area contributed by atoms with Crippen LogP contribution in [0.15, 0.2) is 59.2 Å². The van der Waals surface area contributed by atoms with Crippen molar-refractivity contribution in [3.8, 4) is 5.69 Å². The minimum atomic E-state index is 0.169. The van der Waals surface area contributed by atoms with Gasteiger partial charge >= 0.3 is 0 Å². The molecule has 0 fully saturated rings. The van der Waals surface area contributed by atoms with Crippen LogP contribution in [0.1, 0.15) is 26.3 Å². The van der Waals surface area contributed by atoms with E-state index in [2.05, 4.69) is 89.9 Å². The largest absolute Gasteiger partial charge is 0.315 e.